The van der Waals surface area contributed by atoms with Gasteiger partial charge >= 0.3 is 0 Å². The zero-order chi connectivity index (χ0) is 21.3. The predicted octanol–water partition coefficient (Wildman–Crippen LogP) is 4.89. The summed E-state index contributed by atoms with van der Waals surface area (Å²) in [6, 6.07) is 14.1. The van der Waals surface area contributed by atoms with Gasteiger partial charge in [-0.05, 0) is 80.0 Å². The summed E-state index contributed by atoms with van der Waals surface area (Å²) in [5.41, 5.74) is 7.93. The van der Waals surface area contributed by atoms with Crippen LogP contribution in [0.15, 0.2) is 42.6 Å². The molecule has 1 fully saturated rings. The van der Waals surface area contributed by atoms with Crippen LogP contribution in [-0.2, 0) is 0 Å². The molecule has 2 aromatic carbocycles. The molecule has 1 aromatic heterocycles. The number of aryl methyl sites for hydroxylation is 3. The molecule has 0 atom stereocenters. The van der Waals surface area contributed by atoms with E-state index in [0.717, 1.165) is 59.4 Å². The normalized spacial score (nSPS) is 14.5. The van der Waals surface area contributed by atoms with E-state index < -0.39 is 0 Å². The van der Waals surface area contributed by atoms with Crippen molar-refractivity contribution in [1.29, 1.82) is 5.26 Å². The number of H-pyrrole nitrogens is 1. The van der Waals surface area contributed by atoms with Gasteiger partial charge in [0.25, 0.3) is 5.91 Å². The Balaban J connectivity index is 1.51. The summed E-state index contributed by atoms with van der Waals surface area (Å²) < 4.78 is 0. The molecule has 5 nitrogen and oxygen atoms in total. The molecule has 0 aliphatic carbocycles. The van der Waals surface area contributed by atoms with Gasteiger partial charge in [-0.1, -0.05) is 18.2 Å². The summed E-state index contributed by atoms with van der Waals surface area (Å²) in [5.74, 6) is 0.535. The van der Waals surface area contributed by atoms with Crippen LogP contribution in [0.5, 0.6) is 0 Å². The van der Waals surface area contributed by atoms with Gasteiger partial charge in [0.15, 0.2) is 0 Å². The van der Waals surface area contributed by atoms with Crippen LogP contribution in [0.3, 0.4) is 0 Å². The molecule has 1 saturated heterocycles. The first-order valence-electron chi connectivity index (χ1n) is 10.4. The first-order chi connectivity index (χ1) is 14.5. The van der Waals surface area contributed by atoms with Gasteiger partial charge in [-0.15, -0.1) is 0 Å². The van der Waals surface area contributed by atoms with Gasteiger partial charge in [0.05, 0.1) is 23.5 Å². The first kappa shape index (κ1) is 19.9. The number of aromatic nitrogens is 2. The van der Waals surface area contributed by atoms with Crippen LogP contribution in [-0.4, -0.2) is 34.1 Å². The minimum Gasteiger partial charge on any atom is -0.339 e. The number of carbonyl (C=O) groups is 1. The number of nitrogens with one attached hydrogen (secondary N) is 1. The highest BCUT2D eigenvalue weighted by atomic mass is 16.2. The number of aromatic amines is 1. The topological polar surface area (TPSA) is 72.8 Å². The van der Waals surface area contributed by atoms with Crippen molar-refractivity contribution >= 4 is 5.91 Å². The van der Waals surface area contributed by atoms with Gasteiger partial charge in [-0.3, -0.25) is 9.89 Å². The van der Waals surface area contributed by atoms with Crippen LogP contribution < -0.4 is 0 Å². The molecule has 1 aliphatic rings. The molecular formula is C25H26N4O. The number of rotatable bonds is 3. The van der Waals surface area contributed by atoms with E-state index in [4.69, 9.17) is 5.26 Å². The molecule has 4 rings (SSSR count). The SMILES string of the molecule is Cc1cc(C)c(-c2[nH]ncc2C)cc1C(=O)N1CCC(c2ccc(C#N)cc2)CC1. The Morgan fingerprint density at radius 1 is 1.07 bits per heavy atom. The predicted molar refractivity (Wildman–Crippen MR) is 117 cm³/mol. The number of likely N-dealkylation sites (tertiary alicyclic amines) is 1. The number of benzene rings is 2. The first-order valence-corrected chi connectivity index (χ1v) is 10.4. The van der Waals surface area contributed by atoms with Crippen LogP contribution in [0.1, 0.15) is 56.9 Å². The van der Waals surface area contributed by atoms with Crippen molar-refractivity contribution in [1.82, 2.24) is 15.1 Å². The number of piperidine rings is 1. The Bertz CT molecular complexity index is 1110. The van der Waals surface area contributed by atoms with Crippen molar-refractivity contribution < 1.29 is 4.79 Å². The van der Waals surface area contributed by atoms with Crippen molar-refractivity contribution in [3.63, 3.8) is 0 Å². The van der Waals surface area contributed by atoms with Gasteiger partial charge in [0.2, 0.25) is 0 Å². The third-order valence-corrected chi connectivity index (χ3v) is 6.19. The van der Waals surface area contributed by atoms with E-state index >= 15 is 0 Å². The lowest BCUT2D eigenvalue weighted by Gasteiger charge is -2.33. The van der Waals surface area contributed by atoms with Gasteiger partial charge in [-0.2, -0.15) is 10.4 Å². The zero-order valence-electron chi connectivity index (χ0n) is 17.7. The van der Waals surface area contributed by atoms with Crippen LogP contribution in [0.25, 0.3) is 11.3 Å². The number of nitriles is 1. The van der Waals surface area contributed by atoms with E-state index in [1.807, 2.05) is 55.3 Å². The lowest BCUT2D eigenvalue weighted by atomic mass is 9.88. The number of amides is 1. The second-order valence-corrected chi connectivity index (χ2v) is 8.21. The average Bonchev–Trinajstić information content (AvgIpc) is 3.19. The van der Waals surface area contributed by atoms with Gasteiger partial charge in [-0.25, -0.2) is 0 Å². The molecule has 0 unspecified atom stereocenters. The minimum atomic E-state index is 0.101. The van der Waals surface area contributed by atoms with E-state index in [0.29, 0.717) is 11.5 Å². The van der Waals surface area contributed by atoms with Gasteiger partial charge in [0.1, 0.15) is 0 Å². The van der Waals surface area contributed by atoms with Crippen LogP contribution in [0, 0.1) is 32.1 Å². The molecule has 1 N–H and O–H groups in total. The number of carbonyl (C=O) groups excluding carboxylic acids is 1. The monoisotopic (exact) mass is 398 g/mol. The van der Waals surface area contributed by atoms with E-state index in [2.05, 4.69) is 29.3 Å². The Labute approximate surface area is 177 Å². The van der Waals surface area contributed by atoms with Crippen molar-refractivity contribution in [2.75, 3.05) is 13.1 Å². The highest BCUT2D eigenvalue weighted by Crippen LogP contribution is 2.31. The van der Waals surface area contributed by atoms with Crippen LogP contribution in [0.4, 0.5) is 0 Å². The zero-order valence-corrected chi connectivity index (χ0v) is 17.7. The fourth-order valence-corrected chi connectivity index (χ4v) is 4.39. The number of hydrogen-bond acceptors (Lipinski definition) is 3. The minimum absolute atomic E-state index is 0.101. The maximum atomic E-state index is 13.3. The molecule has 5 heteroatoms. The van der Waals surface area contributed by atoms with E-state index in [1.54, 1.807) is 0 Å². The summed E-state index contributed by atoms with van der Waals surface area (Å²) in [7, 11) is 0. The van der Waals surface area contributed by atoms with Crippen molar-refractivity contribution in [2.24, 2.45) is 0 Å². The smallest absolute Gasteiger partial charge is 0.254 e. The van der Waals surface area contributed by atoms with Crippen LogP contribution in [0.2, 0.25) is 0 Å². The van der Waals surface area contributed by atoms with E-state index in [1.165, 1.54) is 5.56 Å². The molecule has 1 aliphatic heterocycles. The van der Waals surface area contributed by atoms with Crippen molar-refractivity contribution in [2.45, 2.75) is 39.5 Å². The fourth-order valence-electron chi connectivity index (χ4n) is 4.39. The van der Waals surface area contributed by atoms with E-state index in [9.17, 15) is 4.79 Å². The van der Waals surface area contributed by atoms with Crippen molar-refractivity contribution in [3.8, 4) is 17.3 Å². The maximum absolute atomic E-state index is 13.3. The highest BCUT2D eigenvalue weighted by molar-refractivity contribution is 5.97. The Kier molecular flexibility index (Phi) is 5.41. The lowest BCUT2D eigenvalue weighted by molar-refractivity contribution is 0.0712. The highest BCUT2D eigenvalue weighted by Gasteiger charge is 2.26. The van der Waals surface area contributed by atoms with Gasteiger partial charge < -0.3 is 4.90 Å². The summed E-state index contributed by atoms with van der Waals surface area (Å²) in [6.07, 6.45) is 3.69. The summed E-state index contributed by atoms with van der Waals surface area (Å²) >= 11 is 0. The summed E-state index contributed by atoms with van der Waals surface area (Å²) in [6.45, 7) is 7.59. The Morgan fingerprint density at radius 2 is 1.77 bits per heavy atom. The largest absolute Gasteiger partial charge is 0.339 e. The fraction of sp³-hybridized carbons (Fsp3) is 0.320. The second-order valence-electron chi connectivity index (χ2n) is 8.21. The molecule has 152 valence electrons. The molecule has 3 aromatic rings. The molecule has 0 bridgehead atoms. The van der Waals surface area contributed by atoms with Crippen LogP contribution >= 0.6 is 0 Å². The lowest BCUT2D eigenvalue weighted by Crippen LogP contribution is -2.38. The molecule has 0 saturated carbocycles. The summed E-state index contributed by atoms with van der Waals surface area (Å²) in [5, 5.41) is 16.2. The quantitative estimate of drug-likeness (QED) is 0.682. The van der Waals surface area contributed by atoms with E-state index in [-0.39, 0.29) is 5.91 Å². The Morgan fingerprint density at radius 3 is 2.37 bits per heavy atom. The molecule has 2 heterocycles. The third-order valence-electron chi connectivity index (χ3n) is 6.19. The second kappa shape index (κ2) is 8.16. The molecule has 0 radical (unpaired) electrons. The van der Waals surface area contributed by atoms with Crippen molar-refractivity contribution in [3.05, 3.63) is 76.0 Å². The maximum Gasteiger partial charge on any atom is 0.254 e. The number of nitrogens with zero attached hydrogens (tertiary/aromatic N) is 3. The molecule has 1 amide bonds. The number of hydrogen-bond donors (Lipinski definition) is 1. The average molecular weight is 399 g/mol. The molecular weight excluding hydrogens is 372 g/mol. The molecule has 30 heavy (non-hydrogen) atoms. The Hall–Kier alpha value is -3.39. The van der Waals surface area contributed by atoms with Gasteiger partial charge in [0, 0.05) is 24.2 Å². The standard InChI is InChI=1S/C25H26N4O/c1-16-12-17(2)23(13-22(16)24-18(3)15-27-28-24)25(30)29-10-8-21(9-11-29)20-6-4-19(14-26)5-7-20/h4-7,12-13,15,21H,8-11H2,1-3H3,(H,27,28). The third kappa shape index (κ3) is 3.73. The molecule has 0 spiro atoms. The summed E-state index contributed by atoms with van der Waals surface area (Å²) in [4.78, 5) is 15.3.